The second-order valence-electron chi connectivity index (χ2n) is 18.4. The van der Waals surface area contributed by atoms with Gasteiger partial charge in [-0.1, -0.05) is 188 Å². The summed E-state index contributed by atoms with van der Waals surface area (Å²) >= 11 is 0. The van der Waals surface area contributed by atoms with Crippen molar-refractivity contribution < 1.29 is 0 Å². The van der Waals surface area contributed by atoms with Gasteiger partial charge in [0.25, 0.3) is 0 Å². The fraction of sp³-hybridized carbons (Fsp3) is 0.0303. The average molecular weight is 865 g/mol. The molecule has 2 heterocycles. The molecule has 0 unspecified atom stereocenters. The minimum absolute atomic E-state index is 0.908. The van der Waals surface area contributed by atoms with Crippen LogP contribution in [0.1, 0.15) is 22.3 Å². The van der Waals surface area contributed by atoms with Crippen molar-refractivity contribution in [1.82, 2.24) is 0 Å². The van der Waals surface area contributed by atoms with Crippen LogP contribution in [0.15, 0.2) is 243 Å². The minimum Gasteiger partial charge on any atom is -0.310 e. The van der Waals surface area contributed by atoms with Gasteiger partial charge in [0.05, 0.1) is 0 Å². The Kier molecular flexibility index (Phi) is 8.75. The van der Waals surface area contributed by atoms with Crippen molar-refractivity contribution >= 4 is 77.2 Å². The molecule has 0 bridgehead atoms. The molecule has 68 heavy (non-hydrogen) atoms. The first-order valence-corrected chi connectivity index (χ1v) is 23.8. The maximum absolute atomic E-state index is 2.49. The van der Waals surface area contributed by atoms with Gasteiger partial charge in [0.2, 0.25) is 0 Å². The number of rotatable bonds is 5. The van der Waals surface area contributed by atoms with Gasteiger partial charge in [-0.05, 0) is 153 Å². The summed E-state index contributed by atoms with van der Waals surface area (Å²) < 4.78 is 0. The van der Waals surface area contributed by atoms with E-state index in [2.05, 4.69) is 252 Å². The zero-order valence-electron chi connectivity index (χ0n) is 37.4. The highest BCUT2D eigenvalue weighted by atomic mass is 15.2. The molecule has 2 aliphatic heterocycles. The molecule has 0 N–H and O–H groups in total. The summed E-state index contributed by atoms with van der Waals surface area (Å²) in [5, 5.41) is 9.81. The predicted octanol–water partition coefficient (Wildman–Crippen LogP) is 18.0. The van der Waals surface area contributed by atoms with Gasteiger partial charge in [-0.3, -0.25) is 0 Å². The van der Waals surface area contributed by atoms with Crippen LogP contribution >= 0.6 is 0 Å². The molecule has 2 aliphatic rings. The molecule has 0 spiro atoms. The van der Waals surface area contributed by atoms with Crippen molar-refractivity contribution in [2.24, 2.45) is 0 Å². The molecule has 12 aromatic carbocycles. The van der Waals surface area contributed by atoms with Gasteiger partial charge in [0.1, 0.15) is 0 Å². The molecule has 0 saturated heterocycles. The van der Waals surface area contributed by atoms with Gasteiger partial charge in [-0.25, -0.2) is 0 Å². The van der Waals surface area contributed by atoms with Crippen molar-refractivity contribution in [2.75, 3.05) is 9.80 Å². The van der Waals surface area contributed by atoms with Gasteiger partial charge in [-0.2, -0.15) is 0 Å². The molecule has 0 fully saturated rings. The molecule has 0 aromatic heterocycles. The number of para-hydroxylation sites is 4. The fourth-order valence-electron chi connectivity index (χ4n) is 11.6. The Hall–Kier alpha value is -8.72. The Labute approximate surface area is 396 Å². The van der Waals surface area contributed by atoms with Gasteiger partial charge >= 0.3 is 0 Å². The number of hydrogen-bond donors (Lipinski definition) is 0. The predicted molar refractivity (Wildman–Crippen MR) is 288 cm³/mol. The van der Waals surface area contributed by atoms with E-state index in [1.54, 1.807) is 0 Å². The lowest BCUT2D eigenvalue weighted by Gasteiger charge is -2.34. The summed E-state index contributed by atoms with van der Waals surface area (Å²) in [6.45, 7) is 0. The van der Waals surface area contributed by atoms with Gasteiger partial charge in [0, 0.05) is 47.0 Å². The van der Waals surface area contributed by atoms with Crippen LogP contribution in [0.2, 0.25) is 0 Å². The number of anilines is 6. The van der Waals surface area contributed by atoms with Crippen molar-refractivity contribution in [1.29, 1.82) is 0 Å². The van der Waals surface area contributed by atoms with E-state index in [-0.39, 0.29) is 0 Å². The number of hydrogen-bond acceptors (Lipinski definition) is 2. The number of fused-ring (bicyclic) bond motifs is 8. The van der Waals surface area contributed by atoms with E-state index in [9.17, 15) is 0 Å². The molecule has 0 aliphatic carbocycles. The second-order valence-corrected chi connectivity index (χ2v) is 18.4. The summed E-state index contributed by atoms with van der Waals surface area (Å²) in [5.41, 5.74) is 19.8. The summed E-state index contributed by atoms with van der Waals surface area (Å²) in [4.78, 5) is 4.98. The normalized spacial score (nSPS) is 12.8. The quantitative estimate of drug-likeness (QED) is 0.159. The second kappa shape index (κ2) is 15.4. The van der Waals surface area contributed by atoms with Gasteiger partial charge in [0.15, 0.2) is 0 Å². The van der Waals surface area contributed by atoms with Crippen LogP contribution in [0, 0.1) is 0 Å². The summed E-state index contributed by atoms with van der Waals surface area (Å²) in [5.74, 6) is 0. The maximum Gasteiger partial charge on any atom is 0.0497 e. The van der Waals surface area contributed by atoms with Crippen molar-refractivity contribution in [3.8, 4) is 33.4 Å². The molecule has 12 aromatic rings. The number of benzene rings is 12. The third-order valence-corrected chi connectivity index (χ3v) is 14.6. The first-order valence-electron chi connectivity index (χ1n) is 23.8. The Bertz CT molecular complexity index is 3910. The molecular weight excluding hydrogens is 821 g/mol. The van der Waals surface area contributed by atoms with Crippen molar-refractivity contribution in [3.05, 3.63) is 265 Å². The third-order valence-electron chi connectivity index (χ3n) is 14.6. The average Bonchev–Trinajstić information content (AvgIpc) is 3.40. The zero-order valence-corrected chi connectivity index (χ0v) is 37.4. The smallest absolute Gasteiger partial charge is 0.0497 e. The highest BCUT2D eigenvalue weighted by Crippen LogP contribution is 2.53. The first kappa shape index (κ1) is 38.5. The lowest BCUT2D eigenvalue weighted by Crippen LogP contribution is -2.18. The van der Waals surface area contributed by atoms with Crippen LogP contribution in [0.4, 0.5) is 34.1 Å². The molecule has 14 rings (SSSR count). The van der Waals surface area contributed by atoms with E-state index >= 15 is 0 Å². The van der Waals surface area contributed by atoms with Crippen LogP contribution < -0.4 is 9.80 Å². The topological polar surface area (TPSA) is 6.48 Å². The van der Waals surface area contributed by atoms with Crippen LogP contribution in [0.3, 0.4) is 0 Å². The highest BCUT2D eigenvalue weighted by Gasteiger charge is 2.28. The Morgan fingerprint density at radius 2 is 0.676 bits per heavy atom. The van der Waals surface area contributed by atoms with Crippen molar-refractivity contribution in [2.45, 2.75) is 12.8 Å². The summed E-state index contributed by atoms with van der Waals surface area (Å²) in [7, 11) is 0. The van der Waals surface area contributed by atoms with Crippen LogP contribution in [-0.2, 0) is 12.8 Å². The maximum atomic E-state index is 2.49. The summed E-state index contributed by atoms with van der Waals surface area (Å²) in [6, 6.07) is 90.6. The van der Waals surface area contributed by atoms with E-state index < -0.39 is 0 Å². The molecule has 0 saturated carbocycles. The van der Waals surface area contributed by atoms with E-state index in [1.807, 2.05) is 0 Å². The molecule has 2 nitrogen and oxygen atoms in total. The highest BCUT2D eigenvalue weighted by molar-refractivity contribution is 6.25. The summed E-state index contributed by atoms with van der Waals surface area (Å²) in [6.07, 6.45) is 1.82. The largest absolute Gasteiger partial charge is 0.310 e. The molecule has 318 valence electrons. The Balaban J connectivity index is 1.12. The SMILES string of the molecule is c1ccc2c(c1)Cc1ccccc1N2c1ccc2c(-c3cccc4ccccc34)c3cc(N4c5ccccc5Cc5ccccc54)ccc3c(-c3ccccc3-c3ccc4ccccc4c3)c2c1. The number of nitrogens with zero attached hydrogens (tertiary/aromatic N) is 2. The fourth-order valence-corrected chi connectivity index (χ4v) is 11.6. The molecule has 2 heteroatoms. The minimum atomic E-state index is 0.908. The van der Waals surface area contributed by atoms with Gasteiger partial charge in [-0.15, -0.1) is 0 Å². The lowest BCUT2D eigenvalue weighted by atomic mass is 9.82. The molecule has 0 atom stereocenters. The standard InChI is InChI=1S/C66H44N2/c1-2-18-45-38-46(33-32-43(45)16-1)54-25-9-10-26-55(54)65-57-36-34-52(68-63-30-13-6-21-49(63)40-50-22-7-14-31-64(50)68)42-60(57)66(56-27-15-23-44-17-3-8-24-53(44)56)58-37-35-51(41-59(58)65)67-61-28-11-4-19-47(61)39-48-20-5-12-29-62(48)67/h1-38,41-42H,39-40H2. The van der Waals surface area contributed by atoms with Crippen LogP contribution in [0.25, 0.3) is 76.5 Å². The zero-order chi connectivity index (χ0) is 44.7. The third kappa shape index (κ3) is 6.04. The van der Waals surface area contributed by atoms with Crippen LogP contribution in [0.5, 0.6) is 0 Å². The molecular formula is C66H44N2. The van der Waals surface area contributed by atoms with Crippen LogP contribution in [-0.4, -0.2) is 0 Å². The van der Waals surface area contributed by atoms with E-state index in [0.29, 0.717) is 0 Å². The Morgan fingerprint density at radius 1 is 0.250 bits per heavy atom. The lowest BCUT2D eigenvalue weighted by molar-refractivity contribution is 1.09. The molecule has 0 radical (unpaired) electrons. The molecule has 0 amide bonds. The Morgan fingerprint density at radius 3 is 1.25 bits per heavy atom. The van der Waals surface area contributed by atoms with Crippen molar-refractivity contribution in [3.63, 3.8) is 0 Å². The van der Waals surface area contributed by atoms with E-state index in [4.69, 9.17) is 0 Å². The van der Waals surface area contributed by atoms with Gasteiger partial charge < -0.3 is 9.80 Å². The first-order chi connectivity index (χ1) is 33.7. The van der Waals surface area contributed by atoms with E-state index in [0.717, 1.165) is 24.2 Å². The monoisotopic (exact) mass is 864 g/mol. The van der Waals surface area contributed by atoms with E-state index in [1.165, 1.54) is 121 Å².